The Labute approximate surface area is 134 Å². The van der Waals surface area contributed by atoms with Gasteiger partial charge < -0.3 is 9.64 Å². The Kier molecular flexibility index (Phi) is 6.24. The van der Waals surface area contributed by atoms with Gasteiger partial charge in [0, 0.05) is 19.4 Å². The summed E-state index contributed by atoms with van der Waals surface area (Å²) in [6.07, 6.45) is 1.43. The number of fused-ring (bicyclic) bond motifs is 1. The molecule has 2 rings (SSSR count). The molecule has 1 aromatic carbocycles. The molecule has 21 heavy (non-hydrogen) atoms. The smallest absolute Gasteiger partial charge is 0.167 e. The molecule has 3 nitrogen and oxygen atoms in total. The van der Waals surface area contributed by atoms with E-state index in [0.29, 0.717) is 6.42 Å². The molecule has 0 saturated heterocycles. The Bertz CT molecular complexity index is 496. The van der Waals surface area contributed by atoms with Crippen molar-refractivity contribution in [2.24, 2.45) is 0 Å². The van der Waals surface area contributed by atoms with Crippen molar-refractivity contribution in [3.63, 3.8) is 0 Å². The van der Waals surface area contributed by atoms with Gasteiger partial charge in [0.1, 0.15) is 11.4 Å². The summed E-state index contributed by atoms with van der Waals surface area (Å²) in [6, 6.07) is 5.92. The van der Waals surface area contributed by atoms with E-state index in [1.807, 2.05) is 12.1 Å². The maximum atomic E-state index is 12.4. The highest BCUT2D eigenvalue weighted by Gasteiger charge is 2.32. The minimum Gasteiger partial charge on any atom is -0.486 e. The molecule has 0 fully saturated rings. The number of Topliss-reactive ketones (excluding diaryl/α,β-unsaturated/α-hetero) is 1. The standard InChI is InChI=1S/C17H25NO2.ClH/c1-5-18(6-2)11-10-15(19)14-9-7-8-13-12-17(3,4)20-16(13)14;/h7-9H,5-6,10-12H2,1-4H3;1H. The fourth-order valence-electron chi connectivity index (χ4n) is 2.77. The molecule has 0 amide bonds. The Morgan fingerprint density at radius 3 is 2.57 bits per heavy atom. The predicted molar refractivity (Wildman–Crippen MR) is 88.8 cm³/mol. The number of hydrogen-bond acceptors (Lipinski definition) is 3. The summed E-state index contributed by atoms with van der Waals surface area (Å²) in [4.78, 5) is 14.7. The second kappa shape index (κ2) is 7.28. The van der Waals surface area contributed by atoms with E-state index in [0.717, 1.165) is 42.9 Å². The number of ether oxygens (including phenoxy) is 1. The van der Waals surface area contributed by atoms with Crippen LogP contribution in [0.15, 0.2) is 18.2 Å². The van der Waals surface area contributed by atoms with Gasteiger partial charge in [0.05, 0.1) is 5.56 Å². The molecule has 1 aromatic rings. The minimum atomic E-state index is -0.197. The molecular formula is C17H26ClNO2. The van der Waals surface area contributed by atoms with Crippen LogP contribution in [0.25, 0.3) is 0 Å². The number of ketones is 1. The third-order valence-corrected chi connectivity index (χ3v) is 3.94. The second-order valence-electron chi connectivity index (χ2n) is 6.03. The molecule has 0 bridgehead atoms. The molecule has 1 heterocycles. The number of hydrogen-bond donors (Lipinski definition) is 0. The lowest BCUT2D eigenvalue weighted by Crippen LogP contribution is -2.26. The Morgan fingerprint density at radius 2 is 1.95 bits per heavy atom. The van der Waals surface area contributed by atoms with E-state index in [1.54, 1.807) is 0 Å². The molecule has 0 aromatic heterocycles. The van der Waals surface area contributed by atoms with Gasteiger partial charge in [-0.15, -0.1) is 12.4 Å². The van der Waals surface area contributed by atoms with E-state index in [2.05, 4.69) is 38.7 Å². The Balaban J connectivity index is 0.00000220. The number of rotatable bonds is 6. The molecule has 0 unspecified atom stereocenters. The van der Waals surface area contributed by atoms with Gasteiger partial charge in [0.15, 0.2) is 5.78 Å². The maximum absolute atomic E-state index is 12.4. The zero-order chi connectivity index (χ0) is 14.8. The summed E-state index contributed by atoms with van der Waals surface area (Å²) in [5.74, 6) is 0.994. The molecule has 0 saturated carbocycles. The highest BCUT2D eigenvalue weighted by molar-refractivity contribution is 5.99. The highest BCUT2D eigenvalue weighted by Crippen LogP contribution is 2.37. The van der Waals surface area contributed by atoms with Crippen LogP contribution >= 0.6 is 12.4 Å². The monoisotopic (exact) mass is 311 g/mol. The molecule has 1 aliphatic rings. The van der Waals surface area contributed by atoms with Crippen molar-refractivity contribution >= 4 is 18.2 Å². The van der Waals surface area contributed by atoms with E-state index < -0.39 is 0 Å². The number of carbonyl (C=O) groups excluding carboxylic acids is 1. The molecule has 0 N–H and O–H groups in total. The highest BCUT2D eigenvalue weighted by atomic mass is 35.5. The SMILES string of the molecule is CCN(CC)CCC(=O)c1cccc2c1OC(C)(C)C2.Cl. The van der Waals surface area contributed by atoms with Gasteiger partial charge >= 0.3 is 0 Å². The third kappa shape index (κ3) is 4.21. The topological polar surface area (TPSA) is 29.5 Å². The minimum absolute atomic E-state index is 0. The molecule has 0 radical (unpaired) electrons. The first kappa shape index (κ1) is 18.0. The maximum Gasteiger partial charge on any atom is 0.167 e. The van der Waals surface area contributed by atoms with E-state index in [4.69, 9.17) is 4.74 Å². The first-order valence-electron chi connectivity index (χ1n) is 7.53. The zero-order valence-corrected chi connectivity index (χ0v) is 14.3. The number of carbonyl (C=O) groups is 1. The molecule has 118 valence electrons. The Hall–Kier alpha value is -1.06. The van der Waals surface area contributed by atoms with Gasteiger partial charge in [-0.05, 0) is 38.6 Å². The van der Waals surface area contributed by atoms with Crippen LogP contribution in [0.3, 0.4) is 0 Å². The lowest BCUT2D eigenvalue weighted by molar-refractivity contribution is 0.0952. The van der Waals surface area contributed by atoms with Gasteiger partial charge in [-0.1, -0.05) is 26.0 Å². The van der Waals surface area contributed by atoms with Crippen LogP contribution in [0, 0.1) is 0 Å². The van der Waals surface area contributed by atoms with Crippen LogP contribution in [-0.4, -0.2) is 35.9 Å². The van der Waals surface area contributed by atoms with Gasteiger partial charge in [-0.2, -0.15) is 0 Å². The van der Waals surface area contributed by atoms with E-state index in [-0.39, 0.29) is 23.8 Å². The summed E-state index contributed by atoms with van der Waals surface area (Å²) in [6.45, 7) is 11.2. The number of nitrogens with zero attached hydrogens (tertiary/aromatic N) is 1. The summed E-state index contributed by atoms with van der Waals surface area (Å²) in [5.41, 5.74) is 1.71. The van der Waals surface area contributed by atoms with Crippen LogP contribution in [0.1, 0.15) is 50.0 Å². The predicted octanol–water partition coefficient (Wildman–Crippen LogP) is 3.74. The van der Waals surface area contributed by atoms with Crippen molar-refractivity contribution in [3.8, 4) is 5.75 Å². The molecule has 1 aliphatic heterocycles. The first-order chi connectivity index (χ1) is 9.46. The summed E-state index contributed by atoms with van der Waals surface area (Å²) in [7, 11) is 0. The number of para-hydroxylation sites is 1. The summed E-state index contributed by atoms with van der Waals surface area (Å²) in [5, 5.41) is 0. The Morgan fingerprint density at radius 1 is 1.29 bits per heavy atom. The van der Waals surface area contributed by atoms with Crippen LogP contribution in [0.4, 0.5) is 0 Å². The fourth-order valence-corrected chi connectivity index (χ4v) is 2.77. The van der Waals surface area contributed by atoms with E-state index in [9.17, 15) is 4.79 Å². The lowest BCUT2D eigenvalue weighted by Gasteiger charge is -2.19. The van der Waals surface area contributed by atoms with Gasteiger partial charge in [0.25, 0.3) is 0 Å². The van der Waals surface area contributed by atoms with Crippen molar-refractivity contribution in [2.75, 3.05) is 19.6 Å². The van der Waals surface area contributed by atoms with Crippen LogP contribution in [-0.2, 0) is 6.42 Å². The van der Waals surface area contributed by atoms with E-state index in [1.165, 1.54) is 0 Å². The van der Waals surface area contributed by atoms with Crippen molar-refractivity contribution in [2.45, 2.75) is 46.1 Å². The van der Waals surface area contributed by atoms with E-state index >= 15 is 0 Å². The van der Waals surface area contributed by atoms with Crippen molar-refractivity contribution in [1.29, 1.82) is 0 Å². The van der Waals surface area contributed by atoms with Gasteiger partial charge in [-0.3, -0.25) is 4.79 Å². The molecule has 0 spiro atoms. The van der Waals surface area contributed by atoms with Crippen molar-refractivity contribution in [3.05, 3.63) is 29.3 Å². The molecular weight excluding hydrogens is 286 g/mol. The summed E-state index contributed by atoms with van der Waals surface area (Å²) < 4.78 is 5.97. The van der Waals surface area contributed by atoms with Crippen LogP contribution < -0.4 is 4.74 Å². The number of benzene rings is 1. The zero-order valence-electron chi connectivity index (χ0n) is 13.4. The summed E-state index contributed by atoms with van der Waals surface area (Å²) >= 11 is 0. The van der Waals surface area contributed by atoms with Crippen LogP contribution in [0.5, 0.6) is 5.75 Å². The van der Waals surface area contributed by atoms with Crippen molar-refractivity contribution in [1.82, 2.24) is 4.90 Å². The fraction of sp³-hybridized carbons (Fsp3) is 0.588. The average Bonchev–Trinajstić information content (AvgIpc) is 2.73. The molecule has 0 atom stereocenters. The first-order valence-corrected chi connectivity index (χ1v) is 7.53. The third-order valence-electron chi connectivity index (χ3n) is 3.94. The largest absolute Gasteiger partial charge is 0.486 e. The molecule has 4 heteroatoms. The lowest BCUT2D eigenvalue weighted by atomic mass is 9.99. The van der Waals surface area contributed by atoms with Gasteiger partial charge in [0.2, 0.25) is 0 Å². The second-order valence-corrected chi connectivity index (χ2v) is 6.03. The quantitative estimate of drug-likeness (QED) is 0.750. The van der Waals surface area contributed by atoms with Crippen molar-refractivity contribution < 1.29 is 9.53 Å². The average molecular weight is 312 g/mol. The van der Waals surface area contributed by atoms with Gasteiger partial charge in [-0.25, -0.2) is 0 Å². The number of halogens is 1. The molecule has 0 aliphatic carbocycles. The normalized spacial score (nSPS) is 15.3. The van der Waals surface area contributed by atoms with Crippen LogP contribution in [0.2, 0.25) is 0 Å².